The van der Waals surface area contributed by atoms with E-state index in [-0.39, 0.29) is 5.41 Å². The van der Waals surface area contributed by atoms with Gasteiger partial charge in [-0.2, -0.15) is 0 Å². The van der Waals surface area contributed by atoms with Crippen LogP contribution in [0.25, 0.3) is 105 Å². The minimum atomic E-state index is -0.155. The number of nitrogens with zero attached hydrogens (tertiary/aromatic N) is 4. The highest BCUT2D eigenvalue weighted by Crippen LogP contribution is 2.53. The first-order valence-electron chi connectivity index (χ1n) is 20.6. The maximum atomic E-state index is 5.09. The molecule has 0 aliphatic heterocycles. The maximum absolute atomic E-state index is 5.09. The second-order valence-corrected chi connectivity index (χ2v) is 16.4. The van der Waals surface area contributed by atoms with Gasteiger partial charge in [-0.25, -0.2) is 15.0 Å². The molecule has 2 aromatic heterocycles. The van der Waals surface area contributed by atoms with Crippen molar-refractivity contribution in [1.29, 1.82) is 0 Å². The van der Waals surface area contributed by atoms with Gasteiger partial charge in [-0.3, -0.25) is 0 Å². The highest BCUT2D eigenvalue weighted by Gasteiger charge is 2.38. The summed E-state index contributed by atoms with van der Waals surface area (Å²) in [5.74, 6) is 1.96. The van der Waals surface area contributed by atoms with Crippen LogP contribution in [0.5, 0.6) is 0 Å². The van der Waals surface area contributed by atoms with E-state index in [2.05, 4.69) is 176 Å². The topological polar surface area (TPSA) is 43.6 Å². The smallest absolute Gasteiger partial charge is 0.164 e. The van der Waals surface area contributed by atoms with E-state index in [0.29, 0.717) is 17.5 Å². The summed E-state index contributed by atoms with van der Waals surface area (Å²) in [5.41, 5.74) is 14.2. The SMILES string of the molecule is CC1(C)c2ccccc2-c2ccc3c4cc(-c5cccc6c5ccc5c(-c7nc(-c8ccccc8)nc(-c8ccccc8)n7)cccc56)ccc4n(-c4ccccc4)c3c21. The quantitative estimate of drug-likeness (QED) is 0.164. The summed E-state index contributed by atoms with van der Waals surface area (Å²) in [6.07, 6.45) is 0. The van der Waals surface area contributed by atoms with Crippen LogP contribution in [0.4, 0.5) is 0 Å². The molecular formula is C56H38N4. The van der Waals surface area contributed by atoms with Crippen molar-refractivity contribution in [2.45, 2.75) is 19.3 Å². The van der Waals surface area contributed by atoms with Gasteiger partial charge in [0.2, 0.25) is 0 Å². The molecule has 0 amide bonds. The molecular weight excluding hydrogens is 729 g/mol. The molecule has 1 aliphatic carbocycles. The average Bonchev–Trinajstić information content (AvgIpc) is 3.76. The van der Waals surface area contributed by atoms with Crippen LogP contribution in [0.3, 0.4) is 0 Å². The molecule has 4 nitrogen and oxygen atoms in total. The molecule has 0 N–H and O–H groups in total. The van der Waals surface area contributed by atoms with Crippen molar-refractivity contribution >= 4 is 43.4 Å². The van der Waals surface area contributed by atoms with E-state index < -0.39 is 0 Å². The summed E-state index contributed by atoms with van der Waals surface area (Å²) in [5, 5.41) is 7.18. The van der Waals surface area contributed by atoms with Crippen LogP contribution in [0.15, 0.2) is 194 Å². The van der Waals surface area contributed by atoms with Crippen LogP contribution in [0.1, 0.15) is 25.0 Å². The van der Waals surface area contributed by atoms with Crippen molar-refractivity contribution < 1.29 is 0 Å². The Morgan fingerprint density at radius 1 is 0.367 bits per heavy atom. The fourth-order valence-corrected chi connectivity index (χ4v) is 9.88. The van der Waals surface area contributed by atoms with Gasteiger partial charge in [0.1, 0.15) is 0 Å². The summed E-state index contributed by atoms with van der Waals surface area (Å²) in [4.78, 5) is 15.1. The fourth-order valence-electron chi connectivity index (χ4n) is 9.88. The van der Waals surface area contributed by atoms with Crippen LogP contribution in [0.2, 0.25) is 0 Å². The van der Waals surface area contributed by atoms with Gasteiger partial charge in [-0.1, -0.05) is 184 Å². The lowest BCUT2D eigenvalue weighted by molar-refractivity contribution is 0.664. The van der Waals surface area contributed by atoms with Crippen molar-refractivity contribution in [2.75, 3.05) is 0 Å². The lowest BCUT2D eigenvalue weighted by Gasteiger charge is -2.23. The van der Waals surface area contributed by atoms with Crippen molar-refractivity contribution in [3.63, 3.8) is 0 Å². The van der Waals surface area contributed by atoms with Gasteiger partial charge < -0.3 is 4.57 Å². The Morgan fingerprint density at radius 2 is 0.917 bits per heavy atom. The third-order valence-corrected chi connectivity index (χ3v) is 12.6. The molecule has 60 heavy (non-hydrogen) atoms. The summed E-state index contributed by atoms with van der Waals surface area (Å²) >= 11 is 0. The van der Waals surface area contributed by atoms with Crippen LogP contribution >= 0.6 is 0 Å². The lowest BCUT2D eigenvalue weighted by Crippen LogP contribution is -2.16. The second kappa shape index (κ2) is 13.2. The van der Waals surface area contributed by atoms with Gasteiger partial charge in [0.05, 0.1) is 11.0 Å². The number of fused-ring (bicyclic) bond motifs is 10. The van der Waals surface area contributed by atoms with E-state index in [1.165, 1.54) is 71.6 Å². The Labute approximate surface area is 348 Å². The molecule has 0 saturated heterocycles. The molecule has 9 aromatic carbocycles. The van der Waals surface area contributed by atoms with Crippen LogP contribution in [-0.2, 0) is 5.41 Å². The molecule has 2 heterocycles. The molecule has 282 valence electrons. The molecule has 0 saturated carbocycles. The van der Waals surface area contributed by atoms with Crippen LogP contribution in [-0.4, -0.2) is 19.5 Å². The van der Waals surface area contributed by atoms with E-state index in [0.717, 1.165) is 27.5 Å². The van der Waals surface area contributed by atoms with E-state index in [1.807, 2.05) is 36.4 Å². The number of aromatic nitrogens is 4. The standard InChI is InChI=1S/C56H38N4/c1-56(2)49-27-13-12-22-44(49)45-31-32-46-48-34-37(28-33-50(48)60(52(46)51(45)56)38-20-10-5-11-21-38)39-23-14-24-40-41-25-15-26-47(43(41)30-29-42(39)40)55-58-53(35-16-6-3-7-17-35)57-54(59-55)36-18-8-4-9-19-36/h3-34H,1-2H3. The number of hydrogen-bond donors (Lipinski definition) is 0. The zero-order valence-electron chi connectivity index (χ0n) is 33.3. The first-order chi connectivity index (χ1) is 29.5. The summed E-state index contributed by atoms with van der Waals surface area (Å²) in [7, 11) is 0. The number of hydrogen-bond acceptors (Lipinski definition) is 3. The largest absolute Gasteiger partial charge is 0.309 e. The fraction of sp³-hybridized carbons (Fsp3) is 0.0536. The van der Waals surface area contributed by atoms with E-state index in [4.69, 9.17) is 15.0 Å². The Hall–Kier alpha value is -7.69. The number of rotatable bonds is 5. The zero-order valence-corrected chi connectivity index (χ0v) is 33.3. The highest BCUT2D eigenvalue weighted by atomic mass is 15.0. The zero-order chi connectivity index (χ0) is 40.0. The Kier molecular flexibility index (Phi) is 7.54. The molecule has 11 aromatic rings. The van der Waals surface area contributed by atoms with E-state index >= 15 is 0 Å². The van der Waals surface area contributed by atoms with Gasteiger partial charge in [0.15, 0.2) is 17.5 Å². The summed E-state index contributed by atoms with van der Waals surface area (Å²) in [6, 6.07) is 69.5. The minimum absolute atomic E-state index is 0.155. The normalized spacial score (nSPS) is 13.0. The van der Waals surface area contributed by atoms with Crippen molar-refractivity contribution in [3.05, 3.63) is 205 Å². The predicted molar refractivity (Wildman–Crippen MR) is 248 cm³/mol. The monoisotopic (exact) mass is 766 g/mol. The number of para-hydroxylation sites is 1. The average molecular weight is 767 g/mol. The van der Waals surface area contributed by atoms with E-state index in [1.54, 1.807) is 0 Å². The van der Waals surface area contributed by atoms with Gasteiger partial charge in [-0.05, 0) is 79.2 Å². The van der Waals surface area contributed by atoms with Gasteiger partial charge in [0, 0.05) is 38.6 Å². The minimum Gasteiger partial charge on any atom is -0.309 e. The third-order valence-electron chi connectivity index (χ3n) is 12.6. The molecule has 1 aliphatic rings. The first kappa shape index (κ1) is 34.4. The molecule has 0 unspecified atom stereocenters. The number of benzene rings is 9. The van der Waals surface area contributed by atoms with Gasteiger partial charge in [0.25, 0.3) is 0 Å². The third kappa shape index (κ3) is 5.14. The Bertz CT molecular complexity index is 3440. The van der Waals surface area contributed by atoms with Gasteiger partial charge >= 0.3 is 0 Å². The summed E-state index contributed by atoms with van der Waals surface area (Å²) < 4.78 is 2.49. The molecule has 0 radical (unpaired) electrons. The second-order valence-electron chi connectivity index (χ2n) is 16.4. The maximum Gasteiger partial charge on any atom is 0.164 e. The molecule has 4 heteroatoms. The summed E-state index contributed by atoms with van der Waals surface area (Å²) in [6.45, 7) is 4.76. The highest BCUT2D eigenvalue weighted by molar-refractivity contribution is 6.17. The van der Waals surface area contributed by atoms with Crippen LogP contribution < -0.4 is 0 Å². The lowest BCUT2D eigenvalue weighted by atomic mass is 9.81. The first-order valence-corrected chi connectivity index (χ1v) is 20.6. The van der Waals surface area contributed by atoms with Crippen molar-refractivity contribution in [2.24, 2.45) is 0 Å². The van der Waals surface area contributed by atoms with Crippen LogP contribution in [0, 0.1) is 0 Å². The molecule has 12 rings (SSSR count). The Morgan fingerprint density at radius 3 is 1.60 bits per heavy atom. The molecule has 0 spiro atoms. The van der Waals surface area contributed by atoms with Crippen molar-refractivity contribution in [1.82, 2.24) is 19.5 Å². The predicted octanol–water partition coefficient (Wildman–Crippen LogP) is 14.2. The molecule has 0 fully saturated rings. The Balaban J connectivity index is 1.05. The van der Waals surface area contributed by atoms with Gasteiger partial charge in [-0.15, -0.1) is 0 Å². The molecule has 0 atom stereocenters. The van der Waals surface area contributed by atoms with E-state index in [9.17, 15) is 0 Å². The molecule has 0 bridgehead atoms. The van der Waals surface area contributed by atoms with Crippen molar-refractivity contribution in [3.8, 4) is 62.1 Å².